The first-order chi connectivity index (χ1) is 13.0. The van der Waals surface area contributed by atoms with Crippen molar-refractivity contribution >= 4 is 11.6 Å². The first kappa shape index (κ1) is 19.0. The van der Waals surface area contributed by atoms with E-state index in [1.54, 1.807) is 13.0 Å². The minimum atomic E-state index is -0.282. The first-order valence-electron chi connectivity index (χ1n) is 9.05. The molecule has 1 fully saturated rings. The molecule has 1 saturated heterocycles. The van der Waals surface area contributed by atoms with Crippen molar-refractivity contribution in [1.29, 1.82) is 5.26 Å². The normalized spacial score (nSPS) is 17.3. The van der Waals surface area contributed by atoms with E-state index < -0.39 is 0 Å². The van der Waals surface area contributed by atoms with Crippen LogP contribution < -0.4 is 10.6 Å². The minimum Gasteiger partial charge on any atom is -0.322 e. The summed E-state index contributed by atoms with van der Waals surface area (Å²) in [7, 11) is 0. The van der Waals surface area contributed by atoms with Gasteiger partial charge < -0.3 is 10.6 Å². The number of benzene rings is 1. The Kier molecular flexibility index (Phi) is 5.79. The molecule has 1 amide bonds. The summed E-state index contributed by atoms with van der Waals surface area (Å²) in [5.74, 6) is 0.330. The molecule has 27 heavy (non-hydrogen) atoms. The second kappa shape index (κ2) is 8.25. The number of aromatic nitrogens is 2. The van der Waals surface area contributed by atoms with Gasteiger partial charge in [0.05, 0.1) is 17.2 Å². The summed E-state index contributed by atoms with van der Waals surface area (Å²) < 4.78 is 0. The van der Waals surface area contributed by atoms with Gasteiger partial charge in [0.15, 0.2) is 0 Å². The van der Waals surface area contributed by atoms with E-state index in [9.17, 15) is 10.1 Å². The molecule has 1 aromatic heterocycles. The standard InChI is InChI=1S/C20H24N6O/c1-13-11-26(5-4-22-13)12-17-6-16(8-21)7-19(14(17)2)25-20(27)18-9-23-15(3)24-10-18/h6-7,9-10,13,22H,4-5,11-12H2,1-3H3,(H,25,27)/t13-/m0/s1. The highest BCUT2D eigenvalue weighted by molar-refractivity contribution is 6.04. The van der Waals surface area contributed by atoms with Gasteiger partial charge in [0.1, 0.15) is 5.82 Å². The number of rotatable bonds is 4. The van der Waals surface area contributed by atoms with Crippen molar-refractivity contribution in [1.82, 2.24) is 20.2 Å². The molecule has 0 spiro atoms. The maximum atomic E-state index is 12.5. The molecule has 0 saturated carbocycles. The molecular weight excluding hydrogens is 340 g/mol. The summed E-state index contributed by atoms with van der Waals surface area (Å²) in [5.41, 5.74) is 3.60. The smallest absolute Gasteiger partial charge is 0.258 e. The van der Waals surface area contributed by atoms with Crippen LogP contribution in [0.25, 0.3) is 0 Å². The second-order valence-electron chi connectivity index (χ2n) is 6.98. The number of anilines is 1. The highest BCUT2D eigenvalue weighted by Crippen LogP contribution is 2.24. The Morgan fingerprint density at radius 2 is 2.11 bits per heavy atom. The fraction of sp³-hybridized carbons (Fsp3) is 0.400. The van der Waals surface area contributed by atoms with Crippen molar-refractivity contribution in [3.8, 4) is 6.07 Å². The fourth-order valence-electron chi connectivity index (χ4n) is 3.23. The topological polar surface area (TPSA) is 93.9 Å². The number of nitrogens with one attached hydrogen (secondary N) is 2. The molecular formula is C20H24N6O. The number of piperazine rings is 1. The van der Waals surface area contributed by atoms with Crippen LogP contribution in [0.5, 0.6) is 0 Å². The van der Waals surface area contributed by atoms with E-state index in [0.29, 0.717) is 28.7 Å². The van der Waals surface area contributed by atoms with E-state index in [1.807, 2.05) is 13.0 Å². The Balaban J connectivity index is 1.83. The first-order valence-corrected chi connectivity index (χ1v) is 9.05. The Labute approximate surface area is 159 Å². The van der Waals surface area contributed by atoms with E-state index in [1.165, 1.54) is 12.4 Å². The molecule has 140 valence electrons. The Morgan fingerprint density at radius 3 is 2.78 bits per heavy atom. The Morgan fingerprint density at radius 1 is 1.37 bits per heavy atom. The quantitative estimate of drug-likeness (QED) is 0.862. The number of hydrogen-bond donors (Lipinski definition) is 2. The lowest BCUT2D eigenvalue weighted by Gasteiger charge is -2.32. The molecule has 3 rings (SSSR count). The zero-order valence-corrected chi connectivity index (χ0v) is 15.9. The molecule has 7 heteroatoms. The van der Waals surface area contributed by atoms with Gasteiger partial charge >= 0.3 is 0 Å². The van der Waals surface area contributed by atoms with Crippen LogP contribution in [0.2, 0.25) is 0 Å². The van der Waals surface area contributed by atoms with Crippen molar-refractivity contribution in [2.24, 2.45) is 0 Å². The van der Waals surface area contributed by atoms with Gasteiger partial charge in [-0.05, 0) is 44.0 Å². The number of amides is 1. The Bertz CT molecular complexity index is 871. The third kappa shape index (κ3) is 4.67. The lowest BCUT2D eigenvalue weighted by Crippen LogP contribution is -2.48. The molecule has 2 heterocycles. The van der Waals surface area contributed by atoms with Gasteiger partial charge in [0, 0.05) is 50.3 Å². The van der Waals surface area contributed by atoms with Gasteiger partial charge in [-0.1, -0.05) is 0 Å². The molecule has 2 aromatic rings. The molecule has 0 bridgehead atoms. The van der Waals surface area contributed by atoms with Crippen molar-refractivity contribution in [2.75, 3.05) is 25.0 Å². The number of nitriles is 1. The van der Waals surface area contributed by atoms with E-state index >= 15 is 0 Å². The average Bonchev–Trinajstić information content (AvgIpc) is 2.65. The van der Waals surface area contributed by atoms with Crippen molar-refractivity contribution in [3.05, 3.63) is 52.6 Å². The lowest BCUT2D eigenvalue weighted by molar-refractivity contribution is 0.102. The molecule has 1 atom stereocenters. The zero-order valence-electron chi connectivity index (χ0n) is 15.9. The van der Waals surface area contributed by atoms with Crippen LogP contribution in [-0.2, 0) is 6.54 Å². The molecule has 0 aliphatic carbocycles. The highest BCUT2D eigenvalue weighted by atomic mass is 16.1. The summed E-state index contributed by atoms with van der Waals surface area (Å²) in [6.07, 6.45) is 3.01. The number of nitrogens with zero attached hydrogens (tertiary/aromatic N) is 4. The van der Waals surface area contributed by atoms with Gasteiger partial charge in [-0.3, -0.25) is 9.69 Å². The largest absolute Gasteiger partial charge is 0.322 e. The predicted octanol–water partition coefficient (Wildman–Crippen LogP) is 2.01. The maximum absolute atomic E-state index is 12.5. The number of aryl methyl sites for hydroxylation is 1. The third-order valence-electron chi connectivity index (χ3n) is 4.78. The van der Waals surface area contributed by atoms with Crippen LogP contribution >= 0.6 is 0 Å². The monoisotopic (exact) mass is 364 g/mol. The summed E-state index contributed by atoms with van der Waals surface area (Å²) in [4.78, 5) is 23.0. The van der Waals surface area contributed by atoms with Crippen LogP contribution in [0.15, 0.2) is 24.5 Å². The Hall–Kier alpha value is -2.82. The minimum absolute atomic E-state index is 0.282. The number of carbonyl (C=O) groups is 1. The molecule has 7 nitrogen and oxygen atoms in total. The van der Waals surface area contributed by atoms with Gasteiger partial charge in [0.25, 0.3) is 5.91 Å². The molecule has 1 aliphatic rings. The number of hydrogen-bond acceptors (Lipinski definition) is 6. The lowest BCUT2D eigenvalue weighted by atomic mass is 10.0. The molecule has 1 aliphatic heterocycles. The summed E-state index contributed by atoms with van der Waals surface area (Å²) >= 11 is 0. The second-order valence-corrected chi connectivity index (χ2v) is 6.98. The van der Waals surface area contributed by atoms with Gasteiger partial charge in [-0.25, -0.2) is 9.97 Å². The van der Waals surface area contributed by atoms with Crippen LogP contribution in [0.4, 0.5) is 5.69 Å². The van der Waals surface area contributed by atoms with Crippen molar-refractivity contribution in [2.45, 2.75) is 33.4 Å². The average molecular weight is 364 g/mol. The third-order valence-corrected chi connectivity index (χ3v) is 4.78. The van der Waals surface area contributed by atoms with Gasteiger partial charge in [-0.15, -0.1) is 0 Å². The van der Waals surface area contributed by atoms with Crippen LogP contribution in [0.1, 0.15) is 39.8 Å². The van der Waals surface area contributed by atoms with Crippen LogP contribution in [0.3, 0.4) is 0 Å². The summed E-state index contributed by atoms with van der Waals surface area (Å²) in [5, 5.41) is 15.7. The zero-order chi connectivity index (χ0) is 19.4. The van der Waals surface area contributed by atoms with Crippen molar-refractivity contribution in [3.63, 3.8) is 0 Å². The molecule has 2 N–H and O–H groups in total. The predicted molar refractivity (Wildman–Crippen MR) is 103 cm³/mol. The van der Waals surface area contributed by atoms with Crippen molar-refractivity contribution < 1.29 is 4.79 Å². The van der Waals surface area contributed by atoms with Crippen LogP contribution in [-0.4, -0.2) is 46.5 Å². The SMILES string of the molecule is Cc1ncc(C(=O)Nc2cc(C#N)cc(CN3CCN[C@@H](C)C3)c2C)cn1. The summed E-state index contributed by atoms with van der Waals surface area (Å²) in [6, 6.07) is 6.26. The molecule has 0 radical (unpaired) electrons. The van der Waals surface area contributed by atoms with E-state index in [4.69, 9.17) is 0 Å². The van der Waals surface area contributed by atoms with Gasteiger partial charge in [0.2, 0.25) is 0 Å². The maximum Gasteiger partial charge on any atom is 0.258 e. The summed E-state index contributed by atoms with van der Waals surface area (Å²) in [6.45, 7) is 9.54. The van der Waals surface area contributed by atoms with E-state index in [0.717, 1.165) is 37.3 Å². The van der Waals surface area contributed by atoms with Gasteiger partial charge in [-0.2, -0.15) is 5.26 Å². The van der Waals surface area contributed by atoms with E-state index in [2.05, 4.69) is 38.5 Å². The molecule has 1 aromatic carbocycles. The molecule has 0 unspecified atom stereocenters. The highest BCUT2D eigenvalue weighted by Gasteiger charge is 2.18. The van der Waals surface area contributed by atoms with E-state index in [-0.39, 0.29) is 5.91 Å². The number of carbonyl (C=O) groups excluding carboxylic acids is 1. The fourth-order valence-corrected chi connectivity index (χ4v) is 3.23. The van der Waals surface area contributed by atoms with Crippen LogP contribution in [0, 0.1) is 25.2 Å².